The normalized spacial score (nSPS) is 14.6. The van der Waals surface area contributed by atoms with Crippen LogP contribution in [0.5, 0.6) is 0 Å². The number of amides is 1. The number of nitrogens with one attached hydrogen (secondary N) is 1. The summed E-state index contributed by atoms with van der Waals surface area (Å²) >= 11 is 17.8. The van der Waals surface area contributed by atoms with E-state index in [0.29, 0.717) is 10.1 Å². The summed E-state index contributed by atoms with van der Waals surface area (Å²) in [5.41, 5.74) is 2.14. The molecular weight excluding hydrogens is 407 g/mol. The lowest BCUT2D eigenvalue weighted by Crippen LogP contribution is -2.21. The van der Waals surface area contributed by atoms with E-state index >= 15 is 0 Å². The summed E-state index contributed by atoms with van der Waals surface area (Å²) < 4.78 is 3.13. The molecule has 1 saturated heterocycles. The van der Waals surface area contributed by atoms with Gasteiger partial charge in [0.1, 0.15) is 11.6 Å². The second-order valence-corrected chi connectivity index (χ2v) is 8.96. The molecule has 1 aliphatic rings. The predicted molar refractivity (Wildman–Crippen MR) is 102 cm³/mol. The molecule has 0 unspecified atom stereocenters. The number of anilines is 2. The molecule has 0 saturated carbocycles. The zero-order valence-electron chi connectivity index (χ0n) is 13.0. The van der Waals surface area contributed by atoms with E-state index in [0.717, 1.165) is 18.7 Å². The number of hydrogen-bond acceptors (Lipinski definition) is 6. The molecule has 1 amide bonds. The molecule has 0 atom stereocenters. The molecule has 1 fully saturated rings. The van der Waals surface area contributed by atoms with Gasteiger partial charge in [-0.2, -0.15) is 0 Å². The van der Waals surface area contributed by atoms with Crippen LogP contribution < -0.4 is 10.2 Å². The van der Waals surface area contributed by atoms with Crippen molar-refractivity contribution in [2.75, 3.05) is 29.9 Å². The van der Waals surface area contributed by atoms with E-state index in [2.05, 4.69) is 32.5 Å². The highest BCUT2D eigenvalue weighted by molar-refractivity contribution is 7.18. The van der Waals surface area contributed by atoms with Crippen LogP contribution in [0, 0.1) is 0 Å². The second-order valence-electron chi connectivity index (χ2n) is 5.47. The van der Waals surface area contributed by atoms with Gasteiger partial charge in [-0.15, -0.1) is 10.2 Å². The molecule has 1 aliphatic heterocycles. The highest BCUT2D eigenvalue weighted by Crippen LogP contribution is 2.29. The Bertz CT molecular complexity index is 727. The molecule has 10 heteroatoms. The fourth-order valence-corrected chi connectivity index (χ4v) is 3.35. The van der Waals surface area contributed by atoms with Gasteiger partial charge in [-0.1, -0.05) is 46.1 Å². The van der Waals surface area contributed by atoms with Crippen LogP contribution in [0.3, 0.4) is 0 Å². The number of aromatic nitrogens is 2. The number of carbonyl (C=O) groups excluding carboxylic acids is 1. The highest BCUT2D eigenvalue weighted by Gasteiger charge is 2.22. The van der Waals surface area contributed by atoms with Crippen molar-refractivity contribution in [3.63, 3.8) is 0 Å². The number of alkyl halides is 3. The number of nitrogens with zero attached hydrogens (tertiary/aromatic N) is 3. The van der Waals surface area contributed by atoms with Gasteiger partial charge in [-0.25, -0.2) is 4.79 Å². The van der Waals surface area contributed by atoms with Crippen molar-refractivity contribution in [2.24, 2.45) is 0 Å². The van der Waals surface area contributed by atoms with E-state index in [9.17, 15) is 4.79 Å². The topological polar surface area (TPSA) is 67.4 Å². The first-order valence-electron chi connectivity index (χ1n) is 7.60. The summed E-state index contributed by atoms with van der Waals surface area (Å²) in [5.74, 6) is 0. The Morgan fingerprint density at radius 2 is 1.88 bits per heavy atom. The minimum Gasteiger partial charge on any atom is -0.445 e. The van der Waals surface area contributed by atoms with Crippen LogP contribution in [-0.4, -0.2) is 39.8 Å². The Morgan fingerprint density at radius 3 is 2.52 bits per heavy atom. The molecular formula is C15H15Cl3N4O2S. The van der Waals surface area contributed by atoms with E-state index in [4.69, 9.17) is 39.5 Å². The number of hydrogen-bond donors (Lipinski definition) is 1. The molecule has 1 aromatic heterocycles. The molecule has 6 nitrogen and oxygen atoms in total. The van der Waals surface area contributed by atoms with Crippen molar-refractivity contribution in [3.05, 3.63) is 24.3 Å². The van der Waals surface area contributed by atoms with Gasteiger partial charge in [0.2, 0.25) is 8.92 Å². The Morgan fingerprint density at radius 1 is 1.20 bits per heavy atom. The first-order chi connectivity index (χ1) is 11.9. The van der Waals surface area contributed by atoms with Crippen LogP contribution in [0.25, 0.3) is 10.6 Å². The number of carbonyl (C=O) groups is 1. The van der Waals surface area contributed by atoms with Crippen molar-refractivity contribution >= 4 is 63.1 Å². The molecule has 0 aliphatic carbocycles. The summed E-state index contributed by atoms with van der Waals surface area (Å²) in [7, 11) is 0. The van der Waals surface area contributed by atoms with Gasteiger partial charge in [0.05, 0.1) is 0 Å². The number of ether oxygens (including phenoxy) is 1. The Balaban J connectivity index is 1.60. The van der Waals surface area contributed by atoms with Gasteiger partial charge < -0.3 is 9.64 Å². The molecule has 1 N–H and O–H groups in total. The first kappa shape index (κ1) is 18.5. The molecule has 2 heterocycles. The molecule has 0 spiro atoms. The van der Waals surface area contributed by atoms with Gasteiger partial charge >= 0.3 is 6.09 Å². The number of benzene rings is 1. The van der Waals surface area contributed by atoms with E-state index in [1.165, 1.54) is 29.9 Å². The van der Waals surface area contributed by atoms with Crippen molar-refractivity contribution in [1.82, 2.24) is 10.2 Å². The third kappa shape index (κ3) is 5.34. The fourth-order valence-electron chi connectivity index (χ4n) is 2.45. The maximum atomic E-state index is 11.6. The average molecular weight is 422 g/mol. The van der Waals surface area contributed by atoms with Crippen LogP contribution in [0.15, 0.2) is 24.3 Å². The van der Waals surface area contributed by atoms with Gasteiger partial charge in [-0.05, 0) is 37.1 Å². The third-order valence-corrected chi connectivity index (χ3v) is 4.80. The monoisotopic (exact) mass is 420 g/mol. The Kier molecular flexibility index (Phi) is 5.89. The molecule has 134 valence electrons. The lowest BCUT2D eigenvalue weighted by atomic mass is 10.2. The van der Waals surface area contributed by atoms with Crippen molar-refractivity contribution in [2.45, 2.75) is 16.6 Å². The highest BCUT2D eigenvalue weighted by atomic mass is 35.6. The standard InChI is InChI=1S/C15H15Cl3N4O2S/c16-15(17,18)9-24-14(23)19-13-21-20-12(25-13)10-3-5-11(6-4-10)22-7-1-2-8-22/h3-6H,1-2,7-9H2,(H,19,21,23). The zero-order valence-corrected chi connectivity index (χ0v) is 16.1. The van der Waals surface area contributed by atoms with E-state index in [1.54, 1.807) is 0 Å². The van der Waals surface area contributed by atoms with E-state index in [1.807, 2.05) is 12.1 Å². The largest absolute Gasteiger partial charge is 0.445 e. The summed E-state index contributed by atoms with van der Waals surface area (Å²) in [6, 6.07) is 8.15. The maximum absolute atomic E-state index is 11.6. The van der Waals surface area contributed by atoms with Crippen LogP contribution in [0.4, 0.5) is 15.6 Å². The average Bonchev–Trinajstić information content (AvgIpc) is 3.24. The summed E-state index contributed by atoms with van der Waals surface area (Å²) in [6.45, 7) is 1.85. The minimum atomic E-state index is -1.65. The molecule has 3 rings (SSSR count). The second kappa shape index (κ2) is 7.95. The van der Waals surface area contributed by atoms with Crippen LogP contribution >= 0.6 is 46.1 Å². The molecule has 0 bridgehead atoms. The fraction of sp³-hybridized carbons (Fsp3) is 0.400. The summed E-state index contributed by atoms with van der Waals surface area (Å²) in [4.78, 5) is 14.0. The minimum absolute atomic E-state index is 0.313. The lowest BCUT2D eigenvalue weighted by molar-refractivity contribution is 0.164. The van der Waals surface area contributed by atoms with Gasteiger partial charge in [0.15, 0.2) is 0 Å². The van der Waals surface area contributed by atoms with Crippen LogP contribution in [0.1, 0.15) is 12.8 Å². The van der Waals surface area contributed by atoms with Crippen molar-refractivity contribution < 1.29 is 9.53 Å². The van der Waals surface area contributed by atoms with Crippen LogP contribution in [-0.2, 0) is 4.74 Å². The summed E-state index contributed by atoms with van der Waals surface area (Å²) in [5, 5.41) is 11.5. The van der Waals surface area contributed by atoms with Gasteiger partial charge in [0.25, 0.3) is 0 Å². The first-order valence-corrected chi connectivity index (χ1v) is 9.55. The quantitative estimate of drug-likeness (QED) is 0.723. The number of halogens is 3. The SMILES string of the molecule is O=C(Nc1nnc(-c2ccc(N3CCCC3)cc2)s1)OCC(Cl)(Cl)Cl. The molecule has 25 heavy (non-hydrogen) atoms. The smallest absolute Gasteiger partial charge is 0.413 e. The third-order valence-electron chi connectivity index (χ3n) is 3.59. The number of rotatable bonds is 4. The summed E-state index contributed by atoms with van der Waals surface area (Å²) in [6.07, 6.45) is 1.72. The van der Waals surface area contributed by atoms with Crippen molar-refractivity contribution in [1.29, 1.82) is 0 Å². The van der Waals surface area contributed by atoms with Crippen molar-refractivity contribution in [3.8, 4) is 10.6 Å². The van der Waals surface area contributed by atoms with Gasteiger partial charge in [-0.3, -0.25) is 5.32 Å². The van der Waals surface area contributed by atoms with Crippen LogP contribution in [0.2, 0.25) is 0 Å². The van der Waals surface area contributed by atoms with E-state index < -0.39 is 9.89 Å². The molecule has 1 aromatic carbocycles. The Hall–Kier alpha value is -1.28. The maximum Gasteiger partial charge on any atom is 0.413 e. The predicted octanol–water partition coefficient (Wildman–Crippen LogP) is 4.72. The van der Waals surface area contributed by atoms with E-state index in [-0.39, 0.29) is 6.61 Å². The lowest BCUT2D eigenvalue weighted by Gasteiger charge is -2.17. The van der Waals surface area contributed by atoms with Gasteiger partial charge in [0, 0.05) is 24.3 Å². The Labute approximate surface area is 164 Å². The molecule has 2 aromatic rings. The molecule has 0 radical (unpaired) electrons. The zero-order chi connectivity index (χ0) is 17.9.